The Morgan fingerprint density at radius 1 is 1.00 bits per heavy atom. The van der Waals surface area contributed by atoms with E-state index in [1.807, 2.05) is 13.8 Å². The Kier molecular flexibility index (Phi) is 16.1. The first-order chi connectivity index (χ1) is 19.8. The van der Waals surface area contributed by atoms with E-state index < -0.39 is 23.7 Å². The summed E-state index contributed by atoms with van der Waals surface area (Å²) in [6.07, 6.45) is 16.3. The first-order valence-electron chi connectivity index (χ1n) is 15.6. The van der Waals surface area contributed by atoms with E-state index in [2.05, 4.69) is 21.9 Å². The molecular weight excluding hydrogens is 524 g/mol. The van der Waals surface area contributed by atoms with Crippen LogP contribution in [0, 0.1) is 5.92 Å². The molecule has 41 heavy (non-hydrogen) atoms. The van der Waals surface area contributed by atoms with Crippen molar-refractivity contribution in [2.45, 2.75) is 136 Å². The van der Waals surface area contributed by atoms with Gasteiger partial charge in [0.15, 0.2) is 11.2 Å². The summed E-state index contributed by atoms with van der Waals surface area (Å²) in [5, 5.41) is 0. The van der Waals surface area contributed by atoms with E-state index >= 15 is 0 Å². The molecule has 0 radical (unpaired) electrons. The van der Waals surface area contributed by atoms with Crippen LogP contribution in [0.25, 0.3) is 11.2 Å². The van der Waals surface area contributed by atoms with E-state index in [-0.39, 0.29) is 30.0 Å². The number of unbranched alkanes of at least 4 members (excludes halogenated alkanes) is 10. The van der Waals surface area contributed by atoms with Crippen molar-refractivity contribution in [1.29, 1.82) is 0 Å². The molecule has 0 bridgehead atoms. The van der Waals surface area contributed by atoms with Gasteiger partial charge in [-0.2, -0.15) is 4.98 Å². The fourth-order valence-electron chi connectivity index (χ4n) is 4.72. The number of hydrogen-bond donors (Lipinski definition) is 3. The molecule has 3 atom stereocenters. The number of carbonyl (C=O) groups is 2. The van der Waals surface area contributed by atoms with Crippen LogP contribution in [0.3, 0.4) is 0 Å². The van der Waals surface area contributed by atoms with Crippen LogP contribution in [0.2, 0.25) is 0 Å². The van der Waals surface area contributed by atoms with Gasteiger partial charge in [-0.3, -0.25) is 19.4 Å². The van der Waals surface area contributed by atoms with Crippen molar-refractivity contribution in [3.63, 3.8) is 0 Å². The number of rotatable bonds is 22. The molecule has 0 spiro atoms. The van der Waals surface area contributed by atoms with Gasteiger partial charge in [-0.05, 0) is 12.3 Å². The summed E-state index contributed by atoms with van der Waals surface area (Å²) in [5.41, 5.74) is 11.9. The number of esters is 2. The van der Waals surface area contributed by atoms with E-state index in [4.69, 9.17) is 20.9 Å². The molecule has 0 saturated carbocycles. The van der Waals surface area contributed by atoms with E-state index in [9.17, 15) is 14.4 Å². The number of nitrogens with two attached hydrogens (primary N) is 2. The molecule has 5 N–H and O–H groups in total. The van der Waals surface area contributed by atoms with Crippen LogP contribution in [0.1, 0.15) is 117 Å². The van der Waals surface area contributed by atoms with Crippen molar-refractivity contribution in [2.24, 2.45) is 11.7 Å². The number of imidazole rings is 1. The van der Waals surface area contributed by atoms with Gasteiger partial charge in [-0.15, -0.1) is 0 Å². The van der Waals surface area contributed by atoms with Crippen molar-refractivity contribution >= 4 is 29.1 Å². The summed E-state index contributed by atoms with van der Waals surface area (Å²) in [7, 11) is 0. The topological polar surface area (TPSA) is 168 Å². The SMILES string of the molecule is CCCCCCCCCCCCCC(=O)OCCC(CCn1cnc2c(=O)[nH]c(N)nc21)OC(=O)[C@@H](N)C(C)CC. The average Bonchev–Trinajstić information content (AvgIpc) is 3.36. The van der Waals surface area contributed by atoms with Crippen LogP contribution in [-0.2, 0) is 25.6 Å². The molecule has 0 aliphatic rings. The van der Waals surface area contributed by atoms with E-state index in [0.29, 0.717) is 31.5 Å². The number of aromatic nitrogens is 4. The molecular formula is C30H52N6O5. The minimum Gasteiger partial charge on any atom is -0.466 e. The van der Waals surface area contributed by atoms with Crippen molar-refractivity contribution in [3.05, 3.63) is 16.7 Å². The number of ether oxygens (including phenoxy) is 2. The third kappa shape index (κ3) is 12.6. The third-order valence-corrected chi connectivity index (χ3v) is 7.68. The molecule has 2 unspecified atom stereocenters. The number of nitrogens with one attached hydrogen (secondary N) is 1. The van der Waals surface area contributed by atoms with Gasteiger partial charge in [0.25, 0.3) is 5.56 Å². The summed E-state index contributed by atoms with van der Waals surface area (Å²) in [6.45, 7) is 6.62. The summed E-state index contributed by atoms with van der Waals surface area (Å²) in [5.74, 6) is -0.743. The maximum absolute atomic E-state index is 12.7. The van der Waals surface area contributed by atoms with Crippen LogP contribution in [-0.4, -0.2) is 50.2 Å². The number of nitrogens with zero attached hydrogens (tertiary/aromatic N) is 3. The fourth-order valence-corrected chi connectivity index (χ4v) is 4.72. The predicted octanol–water partition coefficient (Wildman–Crippen LogP) is 5.01. The molecule has 2 rings (SSSR count). The molecule has 11 nitrogen and oxygen atoms in total. The van der Waals surface area contributed by atoms with Crippen molar-refractivity contribution in [3.8, 4) is 0 Å². The number of anilines is 1. The minimum absolute atomic E-state index is 0.00327. The lowest BCUT2D eigenvalue weighted by Crippen LogP contribution is -2.40. The summed E-state index contributed by atoms with van der Waals surface area (Å²) < 4.78 is 12.9. The average molecular weight is 577 g/mol. The number of fused-ring (bicyclic) bond motifs is 1. The second-order valence-corrected chi connectivity index (χ2v) is 11.1. The molecule has 0 fully saturated rings. The fraction of sp³-hybridized carbons (Fsp3) is 0.767. The molecule has 2 aromatic rings. The molecule has 2 aromatic heterocycles. The number of aryl methyl sites for hydroxylation is 1. The van der Waals surface area contributed by atoms with E-state index in [1.165, 1.54) is 57.7 Å². The van der Waals surface area contributed by atoms with Gasteiger partial charge in [-0.25, -0.2) is 4.98 Å². The van der Waals surface area contributed by atoms with Gasteiger partial charge in [0.05, 0.1) is 12.9 Å². The Labute approximate surface area is 244 Å². The maximum Gasteiger partial charge on any atom is 0.323 e. The molecule has 0 aromatic carbocycles. The van der Waals surface area contributed by atoms with Crippen LogP contribution in [0.4, 0.5) is 5.95 Å². The smallest absolute Gasteiger partial charge is 0.323 e. The second kappa shape index (κ2) is 19.2. The Morgan fingerprint density at radius 2 is 1.63 bits per heavy atom. The van der Waals surface area contributed by atoms with Crippen LogP contribution in [0.15, 0.2) is 11.1 Å². The zero-order valence-corrected chi connectivity index (χ0v) is 25.4. The number of carbonyl (C=O) groups excluding carboxylic acids is 2. The first-order valence-corrected chi connectivity index (χ1v) is 15.6. The first kappa shape index (κ1) is 34.3. The zero-order chi connectivity index (χ0) is 30.0. The van der Waals surface area contributed by atoms with Gasteiger partial charge < -0.3 is 25.5 Å². The Balaban J connectivity index is 1.77. The van der Waals surface area contributed by atoms with Crippen molar-refractivity contribution in [2.75, 3.05) is 12.3 Å². The number of aromatic amines is 1. The molecule has 11 heteroatoms. The Morgan fingerprint density at radius 3 is 2.27 bits per heavy atom. The molecule has 232 valence electrons. The Hall–Kier alpha value is -2.95. The van der Waals surface area contributed by atoms with Gasteiger partial charge in [-0.1, -0.05) is 91.4 Å². The van der Waals surface area contributed by atoms with E-state index in [1.54, 1.807) is 4.57 Å². The highest BCUT2D eigenvalue weighted by Gasteiger charge is 2.25. The normalized spacial score (nSPS) is 13.7. The van der Waals surface area contributed by atoms with Gasteiger partial charge in [0.2, 0.25) is 5.95 Å². The van der Waals surface area contributed by atoms with Gasteiger partial charge in [0, 0.05) is 25.8 Å². The van der Waals surface area contributed by atoms with Gasteiger partial charge in [0.1, 0.15) is 12.1 Å². The van der Waals surface area contributed by atoms with Crippen molar-refractivity contribution in [1.82, 2.24) is 19.5 Å². The van der Waals surface area contributed by atoms with Crippen LogP contribution in [0.5, 0.6) is 0 Å². The summed E-state index contributed by atoms with van der Waals surface area (Å²) >= 11 is 0. The number of nitrogen functional groups attached to an aromatic ring is 1. The summed E-state index contributed by atoms with van der Waals surface area (Å²) in [6, 6.07) is -0.736. The highest BCUT2D eigenvalue weighted by Crippen LogP contribution is 2.16. The molecule has 0 aliphatic heterocycles. The maximum atomic E-state index is 12.7. The molecule has 0 saturated heterocycles. The molecule has 0 amide bonds. The zero-order valence-electron chi connectivity index (χ0n) is 25.4. The third-order valence-electron chi connectivity index (χ3n) is 7.68. The molecule has 2 heterocycles. The predicted molar refractivity (Wildman–Crippen MR) is 161 cm³/mol. The van der Waals surface area contributed by atoms with Gasteiger partial charge >= 0.3 is 11.9 Å². The highest BCUT2D eigenvalue weighted by molar-refractivity contribution is 5.76. The highest BCUT2D eigenvalue weighted by atomic mass is 16.6. The Bertz CT molecular complexity index is 1100. The lowest BCUT2D eigenvalue weighted by molar-refractivity contribution is -0.154. The number of H-pyrrole nitrogens is 1. The molecule has 0 aliphatic carbocycles. The lowest BCUT2D eigenvalue weighted by Gasteiger charge is -2.23. The standard InChI is InChI=1S/C30H52N6O5/c1-4-6-7-8-9-10-11-12-13-14-15-16-24(37)40-20-18-23(41-29(39)25(31)22(3)5-2)17-19-36-21-33-26-27(36)34-30(32)35-28(26)38/h21-23,25H,4-20,31H2,1-3H3,(H3,32,34,35,38)/t22?,23?,25-/m0/s1. The lowest BCUT2D eigenvalue weighted by atomic mass is 10.0. The van der Waals surface area contributed by atoms with Crippen LogP contribution >= 0.6 is 0 Å². The number of hydrogen-bond acceptors (Lipinski definition) is 9. The summed E-state index contributed by atoms with van der Waals surface area (Å²) in [4.78, 5) is 47.8. The van der Waals surface area contributed by atoms with Crippen molar-refractivity contribution < 1.29 is 19.1 Å². The quantitative estimate of drug-likeness (QED) is 0.129. The minimum atomic E-state index is -0.736. The second-order valence-electron chi connectivity index (χ2n) is 11.1. The van der Waals surface area contributed by atoms with Crippen LogP contribution < -0.4 is 17.0 Å². The van der Waals surface area contributed by atoms with E-state index in [0.717, 1.165) is 25.7 Å². The monoisotopic (exact) mass is 576 g/mol. The largest absolute Gasteiger partial charge is 0.466 e.